The van der Waals surface area contributed by atoms with E-state index in [9.17, 15) is 13.2 Å². The highest BCUT2D eigenvalue weighted by molar-refractivity contribution is 7.93. The third-order valence-electron chi connectivity index (χ3n) is 4.67. The zero-order valence-corrected chi connectivity index (χ0v) is 16.0. The van der Waals surface area contributed by atoms with E-state index in [0.29, 0.717) is 37.2 Å². The number of rotatable bonds is 5. The van der Waals surface area contributed by atoms with Crippen molar-refractivity contribution in [3.8, 4) is 0 Å². The molecule has 0 saturated carbocycles. The standard InChI is InChI=1S/C18H23N3O4S/c1-12-5-6-15(21-9-4-10-26(21,23)24)11-17(12)19-18(22)8-7-16-13(2)20-25-14(16)3/h5-6,11H,4,7-10H2,1-3H3,(H,19,22). The molecule has 1 aromatic heterocycles. The number of sulfonamides is 1. The number of nitrogens with one attached hydrogen (secondary N) is 1. The second-order valence-electron chi connectivity index (χ2n) is 6.59. The van der Waals surface area contributed by atoms with Crippen molar-refractivity contribution in [2.75, 3.05) is 21.9 Å². The van der Waals surface area contributed by atoms with Crippen LogP contribution >= 0.6 is 0 Å². The van der Waals surface area contributed by atoms with Crippen LogP contribution in [0.5, 0.6) is 0 Å². The Morgan fingerprint density at radius 2 is 2.08 bits per heavy atom. The fourth-order valence-electron chi connectivity index (χ4n) is 3.14. The van der Waals surface area contributed by atoms with Crippen LogP contribution in [0.4, 0.5) is 11.4 Å². The van der Waals surface area contributed by atoms with E-state index in [1.807, 2.05) is 26.8 Å². The zero-order valence-electron chi connectivity index (χ0n) is 15.2. The van der Waals surface area contributed by atoms with Gasteiger partial charge in [0.1, 0.15) is 5.76 Å². The van der Waals surface area contributed by atoms with Crippen molar-refractivity contribution in [2.24, 2.45) is 0 Å². The van der Waals surface area contributed by atoms with E-state index in [1.54, 1.807) is 12.1 Å². The lowest BCUT2D eigenvalue weighted by molar-refractivity contribution is -0.116. The van der Waals surface area contributed by atoms with Crippen LogP contribution in [0.1, 0.15) is 35.4 Å². The summed E-state index contributed by atoms with van der Waals surface area (Å²) in [6, 6.07) is 5.33. The number of anilines is 2. The van der Waals surface area contributed by atoms with Crippen molar-refractivity contribution in [3.05, 3.63) is 40.8 Å². The van der Waals surface area contributed by atoms with E-state index in [-0.39, 0.29) is 11.7 Å². The highest BCUT2D eigenvalue weighted by Crippen LogP contribution is 2.28. The number of hydrogen-bond acceptors (Lipinski definition) is 5. The molecule has 1 aliphatic rings. The van der Waals surface area contributed by atoms with E-state index >= 15 is 0 Å². The highest BCUT2D eigenvalue weighted by Gasteiger charge is 2.28. The van der Waals surface area contributed by atoms with E-state index < -0.39 is 10.0 Å². The van der Waals surface area contributed by atoms with Crippen molar-refractivity contribution < 1.29 is 17.7 Å². The number of aryl methyl sites for hydroxylation is 3. The Morgan fingerprint density at radius 3 is 2.69 bits per heavy atom. The highest BCUT2D eigenvalue weighted by atomic mass is 32.2. The lowest BCUT2D eigenvalue weighted by Crippen LogP contribution is -2.25. The molecular formula is C18H23N3O4S. The SMILES string of the molecule is Cc1ccc(N2CCCS2(=O)=O)cc1NC(=O)CCc1c(C)noc1C. The Bertz CT molecular complexity index is 914. The zero-order chi connectivity index (χ0) is 18.9. The molecule has 1 N–H and O–H groups in total. The molecule has 0 bridgehead atoms. The molecule has 140 valence electrons. The van der Waals surface area contributed by atoms with E-state index in [4.69, 9.17) is 4.52 Å². The summed E-state index contributed by atoms with van der Waals surface area (Å²) in [4.78, 5) is 12.3. The molecule has 2 heterocycles. The predicted octanol–water partition coefficient (Wildman–Crippen LogP) is 2.71. The summed E-state index contributed by atoms with van der Waals surface area (Å²) in [7, 11) is -3.24. The normalized spacial score (nSPS) is 16.0. The number of carbonyl (C=O) groups is 1. The van der Waals surface area contributed by atoms with Gasteiger partial charge in [0.15, 0.2) is 0 Å². The molecule has 1 aromatic carbocycles. The molecule has 2 aromatic rings. The molecular weight excluding hydrogens is 354 g/mol. The molecule has 0 spiro atoms. The summed E-state index contributed by atoms with van der Waals surface area (Å²) in [5.41, 5.74) is 3.86. The second kappa shape index (κ2) is 7.11. The third-order valence-corrected chi connectivity index (χ3v) is 6.54. The van der Waals surface area contributed by atoms with Gasteiger partial charge >= 0.3 is 0 Å². The molecule has 1 saturated heterocycles. The first-order valence-electron chi connectivity index (χ1n) is 8.60. The molecule has 7 nitrogen and oxygen atoms in total. The van der Waals surface area contributed by atoms with Gasteiger partial charge in [-0.25, -0.2) is 8.42 Å². The number of nitrogens with zero attached hydrogens (tertiary/aromatic N) is 2. The average Bonchev–Trinajstić information content (AvgIpc) is 3.09. The Kier molecular flexibility index (Phi) is 5.04. The van der Waals surface area contributed by atoms with Crippen molar-refractivity contribution in [1.82, 2.24) is 5.16 Å². The van der Waals surface area contributed by atoms with Crippen molar-refractivity contribution in [1.29, 1.82) is 0 Å². The van der Waals surface area contributed by atoms with E-state index in [2.05, 4.69) is 10.5 Å². The largest absolute Gasteiger partial charge is 0.361 e. The third kappa shape index (κ3) is 3.75. The number of amides is 1. The van der Waals surface area contributed by atoms with Crippen LogP contribution in [-0.2, 0) is 21.2 Å². The van der Waals surface area contributed by atoms with Gasteiger partial charge in [-0.1, -0.05) is 11.2 Å². The summed E-state index contributed by atoms with van der Waals surface area (Å²) >= 11 is 0. The van der Waals surface area contributed by atoms with Crippen LogP contribution in [0.2, 0.25) is 0 Å². The fraction of sp³-hybridized carbons (Fsp3) is 0.444. The maximum atomic E-state index is 12.3. The van der Waals surface area contributed by atoms with Crippen LogP contribution in [0.15, 0.2) is 22.7 Å². The Balaban J connectivity index is 1.71. The van der Waals surface area contributed by atoms with Gasteiger partial charge < -0.3 is 9.84 Å². The first-order chi connectivity index (χ1) is 12.3. The topological polar surface area (TPSA) is 92.5 Å². The van der Waals surface area contributed by atoms with Gasteiger partial charge in [-0.2, -0.15) is 0 Å². The molecule has 1 aliphatic heterocycles. The monoisotopic (exact) mass is 377 g/mol. The average molecular weight is 377 g/mol. The molecule has 1 amide bonds. The number of aromatic nitrogens is 1. The molecule has 1 fully saturated rings. The van der Waals surface area contributed by atoms with Crippen LogP contribution in [0.25, 0.3) is 0 Å². The molecule has 26 heavy (non-hydrogen) atoms. The smallest absolute Gasteiger partial charge is 0.235 e. The predicted molar refractivity (Wildman–Crippen MR) is 99.9 cm³/mol. The van der Waals surface area contributed by atoms with Gasteiger partial charge in [0.05, 0.1) is 17.1 Å². The number of hydrogen-bond donors (Lipinski definition) is 1. The van der Waals surface area contributed by atoms with E-state index in [1.165, 1.54) is 4.31 Å². The minimum Gasteiger partial charge on any atom is -0.361 e. The summed E-state index contributed by atoms with van der Waals surface area (Å²) in [5, 5.41) is 6.78. The van der Waals surface area contributed by atoms with E-state index in [0.717, 1.165) is 22.6 Å². The van der Waals surface area contributed by atoms with Gasteiger partial charge in [0.25, 0.3) is 0 Å². The first kappa shape index (κ1) is 18.4. The lowest BCUT2D eigenvalue weighted by Gasteiger charge is -2.19. The molecule has 0 atom stereocenters. The Morgan fingerprint density at radius 1 is 1.31 bits per heavy atom. The van der Waals surface area contributed by atoms with Gasteiger partial charge in [-0.3, -0.25) is 9.10 Å². The molecule has 8 heteroatoms. The lowest BCUT2D eigenvalue weighted by atomic mass is 10.1. The van der Waals surface area contributed by atoms with Crippen molar-refractivity contribution in [3.63, 3.8) is 0 Å². The molecule has 0 aliphatic carbocycles. The minimum atomic E-state index is -3.24. The fourth-order valence-corrected chi connectivity index (χ4v) is 4.70. The Hall–Kier alpha value is -2.35. The number of benzene rings is 1. The summed E-state index contributed by atoms with van der Waals surface area (Å²) < 4.78 is 30.7. The maximum absolute atomic E-state index is 12.3. The second-order valence-corrected chi connectivity index (χ2v) is 8.60. The van der Waals surface area contributed by atoms with Crippen LogP contribution in [-0.4, -0.2) is 31.8 Å². The van der Waals surface area contributed by atoms with Gasteiger partial charge in [0, 0.05) is 24.2 Å². The van der Waals surface area contributed by atoms with Gasteiger partial charge in [0.2, 0.25) is 15.9 Å². The first-order valence-corrected chi connectivity index (χ1v) is 10.2. The minimum absolute atomic E-state index is 0.130. The Labute approximate surface area is 153 Å². The van der Waals surface area contributed by atoms with Crippen LogP contribution < -0.4 is 9.62 Å². The molecule has 0 unspecified atom stereocenters. The molecule has 3 rings (SSSR count). The summed E-state index contributed by atoms with van der Waals surface area (Å²) in [6.45, 7) is 6.04. The number of carbonyl (C=O) groups excluding carboxylic acids is 1. The van der Waals surface area contributed by atoms with Gasteiger partial charge in [-0.15, -0.1) is 0 Å². The summed E-state index contributed by atoms with van der Waals surface area (Å²) in [5.74, 6) is 0.766. The van der Waals surface area contributed by atoms with Crippen molar-refractivity contribution in [2.45, 2.75) is 40.0 Å². The quantitative estimate of drug-likeness (QED) is 0.865. The van der Waals surface area contributed by atoms with Gasteiger partial charge in [-0.05, 0) is 51.3 Å². The van der Waals surface area contributed by atoms with Crippen LogP contribution in [0.3, 0.4) is 0 Å². The van der Waals surface area contributed by atoms with Crippen molar-refractivity contribution >= 4 is 27.3 Å². The summed E-state index contributed by atoms with van der Waals surface area (Å²) in [6.07, 6.45) is 1.47. The maximum Gasteiger partial charge on any atom is 0.235 e. The molecule has 0 radical (unpaired) electrons. The van der Waals surface area contributed by atoms with Crippen LogP contribution in [0, 0.1) is 20.8 Å².